The van der Waals surface area contributed by atoms with E-state index in [1.54, 1.807) is 6.20 Å². The van der Waals surface area contributed by atoms with E-state index in [1.165, 1.54) is 5.56 Å². The van der Waals surface area contributed by atoms with E-state index in [-0.39, 0.29) is 6.61 Å². The summed E-state index contributed by atoms with van der Waals surface area (Å²) in [4.78, 5) is 6.35. The van der Waals surface area contributed by atoms with Crippen molar-refractivity contribution >= 4 is 5.69 Å². The first-order valence-corrected chi connectivity index (χ1v) is 6.02. The second kappa shape index (κ2) is 5.65. The Kier molecular flexibility index (Phi) is 3.95. The Morgan fingerprint density at radius 3 is 2.61 bits per heavy atom. The van der Waals surface area contributed by atoms with Crippen LogP contribution in [0.3, 0.4) is 0 Å². The molecule has 94 valence electrons. The van der Waals surface area contributed by atoms with Gasteiger partial charge >= 0.3 is 0 Å². The summed E-state index contributed by atoms with van der Waals surface area (Å²) in [7, 11) is 2.03. The number of aryl methyl sites for hydroxylation is 1. The van der Waals surface area contributed by atoms with Crippen molar-refractivity contribution in [2.24, 2.45) is 0 Å². The van der Waals surface area contributed by atoms with E-state index in [4.69, 9.17) is 0 Å². The number of pyridine rings is 1. The average molecular weight is 242 g/mol. The maximum atomic E-state index is 9.36. The van der Waals surface area contributed by atoms with Gasteiger partial charge in [0, 0.05) is 36.7 Å². The molecule has 1 heterocycles. The summed E-state index contributed by atoms with van der Waals surface area (Å²) in [6.45, 7) is 2.79. The standard InChI is InChI=1S/C15H18N2O/c1-12-8-15(14(11-18)9-16-12)17(2)10-13-6-4-3-5-7-13/h3-9,18H,10-11H2,1-2H3. The predicted octanol–water partition coefficient (Wildman–Crippen LogP) is 2.52. The van der Waals surface area contributed by atoms with E-state index in [9.17, 15) is 5.11 Å². The summed E-state index contributed by atoms with van der Waals surface area (Å²) < 4.78 is 0. The number of aromatic nitrogens is 1. The lowest BCUT2D eigenvalue weighted by molar-refractivity contribution is 0.281. The van der Waals surface area contributed by atoms with Gasteiger partial charge in [-0.05, 0) is 18.6 Å². The lowest BCUT2D eigenvalue weighted by atomic mass is 10.1. The van der Waals surface area contributed by atoms with Crippen LogP contribution < -0.4 is 4.90 Å². The van der Waals surface area contributed by atoms with Gasteiger partial charge in [0.1, 0.15) is 0 Å². The Morgan fingerprint density at radius 2 is 1.94 bits per heavy atom. The summed E-state index contributed by atoms with van der Waals surface area (Å²) in [6, 6.07) is 12.3. The highest BCUT2D eigenvalue weighted by molar-refractivity contribution is 5.53. The number of benzene rings is 1. The van der Waals surface area contributed by atoms with Crippen molar-refractivity contribution in [3.8, 4) is 0 Å². The quantitative estimate of drug-likeness (QED) is 0.895. The lowest BCUT2D eigenvalue weighted by Gasteiger charge is -2.22. The fraction of sp³-hybridized carbons (Fsp3) is 0.267. The van der Waals surface area contributed by atoms with Crippen LogP contribution in [0, 0.1) is 6.92 Å². The Bertz CT molecular complexity index is 511. The van der Waals surface area contributed by atoms with E-state index in [2.05, 4.69) is 22.0 Å². The molecule has 0 fully saturated rings. The molecule has 0 saturated heterocycles. The maximum absolute atomic E-state index is 9.36. The SMILES string of the molecule is Cc1cc(N(C)Cc2ccccc2)c(CO)cn1. The predicted molar refractivity (Wildman–Crippen MR) is 73.4 cm³/mol. The normalized spacial score (nSPS) is 10.4. The molecule has 0 aliphatic heterocycles. The van der Waals surface area contributed by atoms with Gasteiger partial charge in [0.2, 0.25) is 0 Å². The maximum Gasteiger partial charge on any atom is 0.0717 e. The molecule has 3 heteroatoms. The fourth-order valence-corrected chi connectivity index (χ4v) is 1.99. The van der Waals surface area contributed by atoms with E-state index >= 15 is 0 Å². The number of hydrogen-bond acceptors (Lipinski definition) is 3. The first-order chi connectivity index (χ1) is 8.70. The zero-order chi connectivity index (χ0) is 13.0. The van der Waals surface area contributed by atoms with Crippen molar-refractivity contribution in [2.75, 3.05) is 11.9 Å². The molecule has 0 bridgehead atoms. The molecule has 3 nitrogen and oxygen atoms in total. The minimum absolute atomic E-state index is 0.0156. The van der Waals surface area contributed by atoms with E-state index in [0.717, 1.165) is 23.5 Å². The fourth-order valence-electron chi connectivity index (χ4n) is 1.99. The van der Waals surface area contributed by atoms with Crippen LogP contribution in [0.25, 0.3) is 0 Å². The van der Waals surface area contributed by atoms with Gasteiger partial charge in [0.25, 0.3) is 0 Å². The topological polar surface area (TPSA) is 36.4 Å². The zero-order valence-electron chi connectivity index (χ0n) is 10.8. The summed E-state index contributed by atoms with van der Waals surface area (Å²) in [5.74, 6) is 0. The van der Waals surface area contributed by atoms with Gasteiger partial charge in [-0.15, -0.1) is 0 Å². The van der Waals surface area contributed by atoms with Crippen LogP contribution in [0.2, 0.25) is 0 Å². The van der Waals surface area contributed by atoms with Crippen molar-refractivity contribution in [2.45, 2.75) is 20.1 Å². The van der Waals surface area contributed by atoms with Crippen LogP contribution in [0.4, 0.5) is 5.69 Å². The summed E-state index contributed by atoms with van der Waals surface area (Å²) in [5, 5.41) is 9.36. The van der Waals surface area contributed by atoms with Gasteiger partial charge in [-0.2, -0.15) is 0 Å². The number of anilines is 1. The van der Waals surface area contributed by atoms with Gasteiger partial charge < -0.3 is 10.0 Å². The summed E-state index contributed by atoms with van der Waals surface area (Å²) in [6.07, 6.45) is 1.74. The number of aliphatic hydroxyl groups is 1. The Hall–Kier alpha value is -1.87. The number of nitrogens with zero attached hydrogens (tertiary/aromatic N) is 2. The van der Waals surface area contributed by atoms with Crippen LogP contribution in [-0.4, -0.2) is 17.1 Å². The van der Waals surface area contributed by atoms with Crippen molar-refractivity contribution in [3.05, 3.63) is 59.4 Å². The van der Waals surface area contributed by atoms with Crippen molar-refractivity contribution in [1.29, 1.82) is 0 Å². The molecule has 0 aliphatic carbocycles. The third-order valence-corrected chi connectivity index (χ3v) is 2.94. The molecule has 0 spiro atoms. The first-order valence-electron chi connectivity index (χ1n) is 6.02. The lowest BCUT2D eigenvalue weighted by Crippen LogP contribution is -2.18. The minimum Gasteiger partial charge on any atom is -0.392 e. The Balaban J connectivity index is 2.23. The first kappa shape index (κ1) is 12.6. The third-order valence-electron chi connectivity index (χ3n) is 2.94. The number of hydrogen-bond donors (Lipinski definition) is 1. The number of aliphatic hydroxyl groups excluding tert-OH is 1. The molecular formula is C15H18N2O. The summed E-state index contributed by atoms with van der Waals surface area (Å²) >= 11 is 0. The monoisotopic (exact) mass is 242 g/mol. The molecule has 0 aliphatic rings. The van der Waals surface area contributed by atoms with Crippen LogP contribution in [-0.2, 0) is 13.2 Å². The van der Waals surface area contributed by atoms with Crippen LogP contribution >= 0.6 is 0 Å². The molecule has 1 aromatic carbocycles. The molecule has 0 amide bonds. The van der Waals surface area contributed by atoms with Crippen molar-refractivity contribution < 1.29 is 5.11 Å². The molecule has 0 atom stereocenters. The molecule has 18 heavy (non-hydrogen) atoms. The molecule has 0 saturated carbocycles. The van der Waals surface area contributed by atoms with Crippen molar-refractivity contribution in [3.63, 3.8) is 0 Å². The molecule has 1 N–H and O–H groups in total. The smallest absolute Gasteiger partial charge is 0.0717 e. The molecule has 0 unspecified atom stereocenters. The minimum atomic E-state index is 0.0156. The average Bonchev–Trinajstić information content (AvgIpc) is 2.40. The van der Waals surface area contributed by atoms with Crippen LogP contribution in [0.15, 0.2) is 42.6 Å². The molecule has 2 rings (SSSR count). The van der Waals surface area contributed by atoms with Crippen LogP contribution in [0.5, 0.6) is 0 Å². The molecule has 0 radical (unpaired) electrons. The van der Waals surface area contributed by atoms with Gasteiger partial charge in [-0.25, -0.2) is 0 Å². The molecule has 2 aromatic rings. The van der Waals surface area contributed by atoms with Gasteiger partial charge in [0.15, 0.2) is 0 Å². The van der Waals surface area contributed by atoms with Gasteiger partial charge in [-0.3, -0.25) is 4.98 Å². The van der Waals surface area contributed by atoms with E-state index in [0.29, 0.717) is 0 Å². The summed E-state index contributed by atoms with van der Waals surface area (Å²) in [5.41, 5.74) is 4.10. The highest BCUT2D eigenvalue weighted by atomic mass is 16.3. The van der Waals surface area contributed by atoms with Crippen molar-refractivity contribution in [1.82, 2.24) is 4.98 Å². The molecular weight excluding hydrogens is 224 g/mol. The number of rotatable bonds is 4. The highest BCUT2D eigenvalue weighted by Gasteiger charge is 2.08. The van der Waals surface area contributed by atoms with E-state index < -0.39 is 0 Å². The second-order valence-corrected chi connectivity index (χ2v) is 4.45. The van der Waals surface area contributed by atoms with E-state index in [1.807, 2.05) is 38.2 Å². The van der Waals surface area contributed by atoms with Gasteiger partial charge in [-0.1, -0.05) is 30.3 Å². The second-order valence-electron chi connectivity index (χ2n) is 4.45. The van der Waals surface area contributed by atoms with Crippen LogP contribution in [0.1, 0.15) is 16.8 Å². The largest absolute Gasteiger partial charge is 0.392 e. The zero-order valence-corrected chi connectivity index (χ0v) is 10.8. The van der Waals surface area contributed by atoms with Gasteiger partial charge in [0.05, 0.1) is 6.61 Å². The Morgan fingerprint density at radius 1 is 1.22 bits per heavy atom. The Labute approximate surface area is 108 Å². The third kappa shape index (κ3) is 2.87. The highest BCUT2D eigenvalue weighted by Crippen LogP contribution is 2.21. The molecule has 1 aromatic heterocycles.